The standard InChI is InChI=1S/C11H17N3O5S/c1-3-13(6-7-15)20(18,19)9-4-5-10(12-2)11(8-9)14(16)17/h4-5,8,12,15H,3,6-7H2,1-2H3. The second-order valence-electron chi connectivity index (χ2n) is 3.91. The Kier molecular flexibility index (Phi) is 5.43. The molecular weight excluding hydrogens is 286 g/mol. The van der Waals surface area contributed by atoms with Crippen LogP contribution in [-0.2, 0) is 10.0 Å². The molecule has 0 bridgehead atoms. The average Bonchev–Trinajstić information content (AvgIpc) is 2.43. The van der Waals surface area contributed by atoms with Crippen molar-refractivity contribution < 1.29 is 18.4 Å². The van der Waals surface area contributed by atoms with Crippen molar-refractivity contribution in [1.29, 1.82) is 0 Å². The summed E-state index contributed by atoms with van der Waals surface area (Å²) >= 11 is 0. The highest BCUT2D eigenvalue weighted by Gasteiger charge is 2.25. The summed E-state index contributed by atoms with van der Waals surface area (Å²) < 4.78 is 25.7. The van der Waals surface area contributed by atoms with Gasteiger partial charge < -0.3 is 10.4 Å². The van der Waals surface area contributed by atoms with Crippen molar-refractivity contribution in [3.05, 3.63) is 28.3 Å². The lowest BCUT2D eigenvalue weighted by Gasteiger charge is -2.19. The van der Waals surface area contributed by atoms with E-state index in [4.69, 9.17) is 5.11 Å². The summed E-state index contributed by atoms with van der Waals surface area (Å²) in [5.41, 5.74) is -0.0761. The molecule has 112 valence electrons. The van der Waals surface area contributed by atoms with Crippen LogP contribution in [0.2, 0.25) is 0 Å². The normalized spacial score (nSPS) is 11.6. The van der Waals surface area contributed by atoms with E-state index in [0.717, 1.165) is 10.4 Å². The lowest BCUT2D eigenvalue weighted by molar-refractivity contribution is -0.384. The number of benzene rings is 1. The molecule has 0 radical (unpaired) electrons. The van der Waals surface area contributed by atoms with E-state index in [9.17, 15) is 18.5 Å². The number of hydrogen-bond donors (Lipinski definition) is 2. The molecular formula is C11H17N3O5S. The zero-order valence-electron chi connectivity index (χ0n) is 11.2. The van der Waals surface area contributed by atoms with E-state index in [1.807, 2.05) is 0 Å². The molecule has 0 aromatic heterocycles. The van der Waals surface area contributed by atoms with E-state index in [2.05, 4.69) is 5.32 Å². The summed E-state index contributed by atoms with van der Waals surface area (Å²) in [6, 6.07) is 3.66. The fourth-order valence-corrected chi connectivity index (χ4v) is 3.20. The number of anilines is 1. The Hall–Kier alpha value is -1.71. The number of aliphatic hydroxyl groups excluding tert-OH is 1. The molecule has 1 aromatic carbocycles. The number of nitro benzene ring substituents is 1. The molecule has 0 heterocycles. The third-order valence-corrected chi connectivity index (χ3v) is 4.75. The molecule has 0 spiro atoms. The van der Waals surface area contributed by atoms with Crippen LogP contribution in [-0.4, -0.2) is 49.5 Å². The SMILES string of the molecule is CCN(CCO)S(=O)(=O)c1ccc(NC)c([N+](=O)[O-])c1. The van der Waals surface area contributed by atoms with Gasteiger partial charge in [0.15, 0.2) is 0 Å². The molecule has 9 heteroatoms. The molecule has 0 aliphatic heterocycles. The Balaban J connectivity index is 3.32. The van der Waals surface area contributed by atoms with Crippen LogP contribution in [0.15, 0.2) is 23.1 Å². The van der Waals surface area contributed by atoms with E-state index < -0.39 is 14.9 Å². The average molecular weight is 303 g/mol. The Labute approximate surface area is 117 Å². The summed E-state index contributed by atoms with van der Waals surface area (Å²) in [6.07, 6.45) is 0. The Morgan fingerprint density at radius 3 is 2.55 bits per heavy atom. The lowest BCUT2D eigenvalue weighted by atomic mass is 10.3. The summed E-state index contributed by atoms with van der Waals surface area (Å²) in [6.45, 7) is 1.43. The van der Waals surface area contributed by atoms with Crippen LogP contribution >= 0.6 is 0 Å². The molecule has 0 atom stereocenters. The van der Waals surface area contributed by atoms with E-state index in [1.165, 1.54) is 19.2 Å². The highest BCUT2D eigenvalue weighted by molar-refractivity contribution is 7.89. The van der Waals surface area contributed by atoms with Gasteiger partial charge in [0.05, 0.1) is 16.4 Å². The molecule has 0 fully saturated rings. The maximum absolute atomic E-state index is 12.3. The minimum absolute atomic E-state index is 0.0551. The number of rotatable bonds is 7. The van der Waals surface area contributed by atoms with Gasteiger partial charge in [0, 0.05) is 26.2 Å². The van der Waals surface area contributed by atoms with Gasteiger partial charge in [-0.05, 0) is 12.1 Å². The minimum atomic E-state index is -3.85. The van der Waals surface area contributed by atoms with Gasteiger partial charge in [-0.15, -0.1) is 0 Å². The molecule has 1 aromatic rings. The molecule has 0 amide bonds. The number of likely N-dealkylation sites (N-methyl/N-ethyl adjacent to an activating group) is 1. The minimum Gasteiger partial charge on any atom is -0.395 e. The molecule has 20 heavy (non-hydrogen) atoms. The zero-order chi connectivity index (χ0) is 15.3. The van der Waals surface area contributed by atoms with Gasteiger partial charge in [-0.2, -0.15) is 4.31 Å². The fourth-order valence-electron chi connectivity index (χ4n) is 1.74. The predicted molar refractivity (Wildman–Crippen MR) is 74.2 cm³/mol. The highest BCUT2D eigenvalue weighted by atomic mass is 32.2. The van der Waals surface area contributed by atoms with Crippen molar-refractivity contribution in [2.24, 2.45) is 0 Å². The monoisotopic (exact) mass is 303 g/mol. The number of nitrogens with one attached hydrogen (secondary N) is 1. The Bertz CT molecular complexity index is 588. The number of nitro groups is 1. The van der Waals surface area contributed by atoms with Crippen molar-refractivity contribution in [3.8, 4) is 0 Å². The van der Waals surface area contributed by atoms with Gasteiger partial charge in [0.1, 0.15) is 5.69 Å². The molecule has 1 rings (SSSR count). The van der Waals surface area contributed by atoms with E-state index in [1.54, 1.807) is 6.92 Å². The molecule has 0 aliphatic rings. The Morgan fingerprint density at radius 2 is 2.10 bits per heavy atom. The van der Waals surface area contributed by atoms with E-state index in [-0.39, 0.29) is 36.0 Å². The number of aliphatic hydroxyl groups is 1. The maximum atomic E-state index is 12.3. The van der Waals surface area contributed by atoms with Gasteiger partial charge in [0.25, 0.3) is 5.69 Å². The summed E-state index contributed by atoms with van der Waals surface area (Å²) in [5.74, 6) is 0. The van der Waals surface area contributed by atoms with Crippen LogP contribution in [0, 0.1) is 10.1 Å². The van der Waals surface area contributed by atoms with Crippen LogP contribution in [0.1, 0.15) is 6.92 Å². The number of nitrogens with zero attached hydrogens (tertiary/aromatic N) is 2. The van der Waals surface area contributed by atoms with Crippen molar-refractivity contribution in [3.63, 3.8) is 0 Å². The maximum Gasteiger partial charge on any atom is 0.293 e. The van der Waals surface area contributed by atoms with Gasteiger partial charge in [0.2, 0.25) is 10.0 Å². The van der Waals surface area contributed by atoms with Crippen molar-refractivity contribution in [1.82, 2.24) is 4.31 Å². The fraction of sp³-hybridized carbons (Fsp3) is 0.455. The number of sulfonamides is 1. The van der Waals surface area contributed by atoms with Gasteiger partial charge in [-0.25, -0.2) is 8.42 Å². The van der Waals surface area contributed by atoms with Gasteiger partial charge >= 0.3 is 0 Å². The summed E-state index contributed by atoms with van der Waals surface area (Å²) in [5, 5.41) is 22.5. The molecule has 0 unspecified atom stereocenters. The quantitative estimate of drug-likeness (QED) is 0.564. The first-order chi connectivity index (χ1) is 9.38. The van der Waals surface area contributed by atoms with Crippen LogP contribution < -0.4 is 5.32 Å². The molecule has 8 nitrogen and oxygen atoms in total. The Morgan fingerprint density at radius 1 is 1.45 bits per heavy atom. The highest BCUT2D eigenvalue weighted by Crippen LogP contribution is 2.28. The van der Waals surface area contributed by atoms with Gasteiger partial charge in [-0.1, -0.05) is 6.92 Å². The van der Waals surface area contributed by atoms with Crippen LogP contribution in [0.4, 0.5) is 11.4 Å². The van der Waals surface area contributed by atoms with Crippen LogP contribution in [0.5, 0.6) is 0 Å². The molecule has 0 saturated heterocycles. The third-order valence-electron chi connectivity index (χ3n) is 2.78. The van der Waals surface area contributed by atoms with E-state index >= 15 is 0 Å². The smallest absolute Gasteiger partial charge is 0.293 e. The van der Waals surface area contributed by atoms with Crippen LogP contribution in [0.25, 0.3) is 0 Å². The van der Waals surface area contributed by atoms with Gasteiger partial charge in [-0.3, -0.25) is 10.1 Å². The third kappa shape index (κ3) is 3.24. The number of hydrogen-bond acceptors (Lipinski definition) is 6. The van der Waals surface area contributed by atoms with Crippen molar-refractivity contribution in [2.75, 3.05) is 32.1 Å². The van der Waals surface area contributed by atoms with E-state index in [0.29, 0.717) is 0 Å². The molecule has 0 aliphatic carbocycles. The summed E-state index contributed by atoms with van der Waals surface area (Å²) in [4.78, 5) is 10.1. The zero-order valence-corrected chi connectivity index (χ0v) is 12.1. The van der Waals surface area contributed by atoms with Crippen molar-refractivity contribution >= 4 is 21.4 Å². The predicted octanol–water partition coefficient (Wildman–Crippen LogP) is 0.639. The topological polar surface area (TPSA) is 113 Å². The summed E-state index contributed by atoms with van der Waals surface area (Å²) in [7, 11) is -2.34. The first-order valence-electron chi connectivity index (χ1n) is 5.95. The molecule has 2 N–H and O–H groups in total. The van der Waals surface area contributed by atoms with Crippen LogP contribution in [0.3, 0.4) is 0 Å². The van der Waals surface area contributed by atoms with Crippen molar-refractivity contribution in [2.45, 2.75) is 11.8 Å². The first kappa shape index (κ1) is 16.3. The largest absolute Gasteiger partial charge is 0.395 e. The second kappa shape index (κ2) is 6.64. The lowest BCUT2D eigenvalue weighted by Crippen LogP contribution is -2.33. The first-order valence-corrected chi connectivity index (χ1v) is 7.39. The second-order valence-corrected chi connectivity index (χ2v) is 5.84. The molecule has 0 saturated carbocycles.